The van der Waals surface area contributed by atoms with Crippen LogP contribution in [0.1, 0.15) is 42.5 Å². The summed E-state index contributed by atoms with van der Waals surface area (Å²) in [7, 11) is 0. The highest BCUT2D eigenvalue weighted by Gasteiger charge is 2.41. The Morgan fingerprint density at radius 2 is 2.15 bits per heavy atom. The van der Waals surface area contributed by atoms with E-state index in [0.29, 0.717) is 0 Å². The van der Waals surface area contributed by atoms with Crippen LogP contribution in [-0.2, 0) is 0 Å². The van der Waals surface area contributed by atoms with Gasteiger partial charge in [-0.3, -0.25) is 4.79 Å². The van der Waals surface area contributed by atoms with Gasteiger partial charge in [-0.25, -0.2) is 0 Å². The number of piperidine rings is 1. The summed E-state index contributed by atoms with van der Waals surface area (Å²) in [6.45, 7) is 0.923. The second kappa shape index (κ2) is 4.98. The van der Waals surface area contributed by atoms with Gasteiger partial charge in [-0.2, -0.15) is 0 Å². The van der Waals surface area contributed by atoms with Gasteiger partial charge in [-0.05, 0) is 50.8 Å². The molecular weight excluding hydrogens is 256 g/mol. The second-order valence-corrected chi connectivity index (χ2v) is 5.93. The van der Waals surface area contributed by atoms with Gasteiger partial charge in [-0.1, -0.05) is 0 Å². The Morgan fingerprint density at radius 3 is 2.80 bits per heavy atom. The summed E-state index contributed by atoms with van der Waals surface area (Å²) in [5.74, 6) is -0.506. The average Bonchev–Trinajstić information content (AvgIpc) is 2.37. The molecule has 2 aliphatic rings. The monoisotopic (exact) mass is 276 g/mol. The molecule has 1 aromatic rings. The van der Waals surface area contributed by atoms with Gasteiger partial charge in [0.1, 0.15) is 11.5 Å². The van der Waals surface area contributed by atoms with Crippen LogP contribution in [0.2, 0.25) is 0 Å². The highest BCUT2D eigenvalue weighted by atomic mass is 16.3. The standard InChI is InChI=1S/C15H20N2O3/c18-11-2-3-12(13(19)8-11)14(20)17-10-4-7-16-15(9-10)5-1-6-15/h2-3,8,10,16,18-19H,1,4-7,9H2,(H,17,20). The van der Waals surface area contributed by atoms with Gasteiger partial charge in [0.25, 0.3) is 5.91 Å². The van der Waals surface area contributed by atoms with Gasteiger partial charge in [0.15, 0.2) is 0 Å². The Labute approximate surface area is 118 Å². The fourth-order valence-corrected chi connectivity index (χ4v) is 3.24. The number of amides is 1. The van der Waals surface area contributed by atoms with Crippen molar-refractivity contribution < 1.29 is 15.0 Å². The van der Waals surface area contributed by atoms with Crippen molar-refractivity contribution in [3.05, 3.63) is 23.8 Å². The minimum Gasteiger partial charge on any atom is -0.508 e. The number of phenolic OH excluding ortho intramolecular Hbond substituents is 2. The van der Waals surface area contributed by atoms with E-state index in [1.807, 2.05) is 0 Å². The highest BCUT2D eigenvalue weighted by molar-refractivity contribution is 5.97. The molecule has 20 heavy (non-hydrogen) atoms. The third-order valence-corrected chi connectivity index (χ3v) is 4.50. The molecule has 0 bridgehead atoms. The number of carbonyl (C=O) groups excluding carboxylic acids is 1. The zero-order chi connectivity index (χ0) is 14.2. The van der Waals surface area contributed by atoms with Gasteiger partial charge in [0.2, 0.25) is 0 Å². The zero-order valence-corrected chi connectivity index (χ0v) is 11.4. The molecule has 1 atom stereocenters. The molecule has 108 valence electrons. The summed E-state index contributed by atoms with van der Waals surface area (Å²) >= 11 is 0. The van der Waals surface area contributed by atoms with Gasteiger partial charge in [-0.15, -0.1) is 0 Å². The van der Waals surface area contributed by atoms with Gasteiger partial charge in [0, 0.05) is 17.6 Å². The fourth-order valence-electron chi connectivity index (χ4n) is 3.24. The SMILES string of the molecule is O=C(NC1CCNC2(CCC2)C1)c1ccc(O)cc1O. The van der Waals surface area contributed by atoms with Crippen molar-refractivity contribution in [2.45, 2.75) is 43.7 Å². The molecule has 1 unspecified atom stereocenters. The minimum atomic E-state index is -0.274. The van der Waals surface area contributed by atoms with Crippen LogP contribution in [0.25, 0.3) is 0 Å². The molecule has 1 amide bonds. The van der Waals surface area contributed by atoms with E-state index in [0.717, 1.165) is 19.4 Å². The van der Waals surface area contributed by atoms with Crippen molar-refractivity contribution in [3.8, 4) is 11.5 Å². The second-order valence-electron chi connectivity index (χ2n) is 5.93. The molecule has 0 aromatic heterocycles. The third-order valence-electron chi connectivity index (χ3n) is 4.50. The van der Waals surface area contributed by atoms with Crippen LogP contribution in [0.5, 0.6) is 11.5 Å². The van der Waals surface area contributed by atoms with Crippen molar-refractivity contribution in [1.29, 1.82) is 0 Å². The number of phenols is 2. The molecule has 1 saturated carbocycles. The van der Waals surface area contributed by atoms with Crippen LogP contribution < -0.4 is 10.6 Å². The summed E-state index contributed by atoms with van der Waals surface area (Å²) in [6.07, 6.45) is 5.49. The van der Waals surface area contributed by atoms with Crippen molar-refractivity contribution in [2.75, 3.05) is 6.54 Å². The number of aromatic hydroxyl groups is 2. The Bertz CT molecular complexity index is 526. The normalized spacial score (nSPS) is 24.1. The van der Waals surface area contributed by atoms with Crippen LogP contribution >= 0.6 is 0 Å². The summed E-state index contributed by atoms with van der Waals surface area (Å²) < 4.78 is 0. The molecule has 1 heterocycles. The molecular formula is C15H20N2O3. The first-order valence-corrected chi connectivity index (χ1v) is 7.16. The van der Waals surface area contributed by atoms with Crippen LogP contribution in [0, 0.1) is 0 Å². The summed E-state index contributed by atoms with van der Waals surface area (Å²) in [5, 5.41) is 25.5. The van der Waals surface area contributed by atoms with Crippen LogP contribution in [0.3, 0.4) is 0 Å². The molecule has 4 N–H and O–H groups in total. The summed E-state index contributed by atoms with van der Waals surface area (Å²) in [4.78, 5) is 12.2. The van der Waals surface area contributed by atoms with Crippen molar-refractivity contribution in [3.63, 3.8) is 0 Å². The van der Waals surface area contributed by atoms with Crippen molar-refractivity contribution in [2.24, 2.45) is 0 Å². The number of rotatable bonds is 2. The molecule has 2 fully saturated rings. The molecule has 1 aliphatic heterocycles. The molecule has 5 heteroatoms. The van der Waals surface area contributed by atoms with E-state index in [4.69, 9.17) is 0 Å². The van der Waals surface area contributed by atoms with Crippen molar-refractivity contribution in [1.82, 2.24) is 10.6 Å². The smallest absolute Gasteiger partial charge is 0.255 e. The molecule has 5 nitrogen and oxygen atoms in total. The van der Waals surface area contributed by atoms with Gasteiger partial charge < -0.3 is 20.8 Å². The van der Waals surface area contributed by atoms with E-state index in [9.17, 15) is 15.0 Å². The predicted molar refractivity (Wildman–Crippen MR) is 74.8 cm³/mol. The highest BCUT2D eigenvalue weighted by Crippen LogP contribution is 2.38. The molecule has 1 spiro atoms. The average molecular weight is 276 g/mol. The fraction of sp³-hybridized carbons (Fsp3) is 0.533. The van der Waals surface area contributed by atoms with Crippen LogP contribution in [0.4, 0.5) is 0 Å². The first-order chi connectivity index (χ1) is 9.58. The van der Waals surface area contributed by atoms with Crippen LogP contribution in [0.15, 0.2) is 18.2 Å². The molecule has 3 rings (SSSR count). The zero-order valence-electron chi connectivity index (χ0n) is 11.4. The Kier molecular flexibility index (Phi) is 3.30. The Hall–Kier alpha value is -1.75. The quantitative estimate of drug-likeness (QED) is 0.660. The summed E-state index contributed by atoms with van der Waals surface area (Å²) in [5.41, 5.74) is 0.441. The van der Waals surface area contributed by atoms with E-state index in [2.05, 4.69) is 10.6 Å². The number of hydrogen-bond acceptors (Lipinski definition) is 4. The van der Waals surface area contributed by atoms with E-state index in [1.54, 1.807) is 0 Å². The molecule has 1 saturated heterocycles. The van der Waals surface area contributed by atoms with E-state index in [-0.39, 0.29) is 34.6 Å². The third kappa shape index (κ3) is 2.45. The minimum absolute atomic E-state index is 0.0469. The van der Waals surface area contributed by atoms with E-state index < -0.39 is 0 Å². The van der Waals surface area contributed by atoms with Crippen molar-refractivity contribution >= 4 is 5.91 Å². The van der Waals surface area contributed by atoms with Gasteiger partial charge in [0.05, 0.1) is 5.56 Å². The number of carbonyl (C=O) groups is 1. The lowest BCUT2D eigenvalue weighted by molar-refractivity contribution is 0.0851. The molecule has 1 aliphatic carbocycles. The van der Waals surface area contributed by atoms with Crippen LogP contribution in [-0.4, -0.2) is 34.2 Å². The first-order valence-electron chi connectivity index (χ1n) is 7.16. The lowest BCUT2D eigenvalue weighted by Gasteiger charge is -2.48. The largest absolute Gasteiger partial charge is 0.508 e. The number of benzene rings is 1. The number of nitrogens with one attached hydrogen (secondary N) is 2. The van der Waals surface area contributed by atoms with Gasteiger partial charge >= 0.3 is 0 Å². The predicted octanol–water partition coefficient (Wildman–Crippen LogP) is 1.50. The first kappa shape index (κ1) is 13.2. The topological polar surface area (TPSA) is 81.6 Å². The Balaban J connectivity index is 1.66. The maximum absolute atomic E-state index is 12.2. The maximum Gasteiger partial charge on any atom is 0.255 e. The van der Waals surface area contributed by atoms with E-state index in [1.165, 1.54) is 37.5 Å². The molecule has 1 aromatic carbocycles. The molecule has 0 radical (unpaired) electrons. The maximum atomic E-state index is 12.2. The Morgan fingerprint density at radius 1 is 1.35 bits per heavy atom. The summed E-state index contributed by atoms with van der Waals surface area (Å²) in [6, 6.07) is 4.19. The lowest BCUT2D eigenvalue weighted by atomic mass is 9.70. The van der Waals surface area contributed by atoms with E-state index >= 15 is 0 Å². The number of hydrogen-bond donors (Lipinski definition) is 4. The lowest BCUT2D eigenvalue weighted by Crippen LogP contribution is -2.59.